The van der Waals surface area contributed by atoms with Crippen LogP contribution in [0.2, 0.25) is 0 Å². The SMILES string of the molecule is CCc1cnccc1-c1ncc(Br)c(=S)[nH]1. The second kappa shape index (κ2) is 4.84. The smallest absolute Gasteiger partial charge is 0.138 e. The third kappa shape index (κ3) is 2.20. The maximum Gasteiger partial charge on any atom is 0.138 e. The van der Waals surface area contributed by atoms with E-state index in [-0.39, 0.29) is 0 Å². The van der Waals surface area contributed by atoms with Gasteiger partial charge in [-0.2, -0.15) is 0 Å². The van der Waals surface area contributed by atoms with E-state index in [0.717, 1.165) is 27.8 Å². The number of aromatic amines is 1. The lowest BCUT2D eigenvalue weighted by Gasteiger charge is -2.06. The van der Waals surface area contributed by atoms with Crippen LogP contribution in [0.1, 0.15) is 12.5 Å². The molecule has 0 unspecified atom stereocenters. The second-order valence-electron chi connectivity index (χ2n) is 3.30. The quantitative estimate of drug-likeness (QED) is 0.862. The van der Waals surface area contributed by atoms with E-state index in [1.165, 1.54) is 0 Å². The highest BCUT2D eigenvalue weighted by Gasteiger charge is 2.05. The standard InChI is InChI=1S/C11H10BrN3S/c1-2-7-5-13-4-3-8(7)10-14-6-9(12)11(16)15-10/h3-6H,2H2,1H3,(H,14,15,16). The molecule has 0 radical (unpaired) electrons. The summed E-state index contributed by atoms with van der Waals surface area (Å²) in [7, 11) is 0. The molecule has 82 valence electrons. The Morgan fingerprint density at radius 3 is 2.94 bits per heavy atom. The Morgan fingerprint density at radius 2 is 2.25 bits per heavy atom. The zero-order chi connectivity index (χ0) is 11.5. The van der Waals surface area contributed by atoms with Crippen molar-refractivity contribution in [1.29, 1.82) is 0 Å². The molecule has 0 saturated heterocycles. The summed E-state index contributed by atoms with van der Waals surface area (Å²) in [5, 5.41) is 0. The van der Waals surface area contributed by atoms with Crippen LogP contribution in [0.25, 0.3) is 11.4 Å². The summed E-state index contributed by atoms with van der Waals surface area (Å²) < 4.78 is 1.46. The molecule has 0 atom stereocenters. The van der Waals surface area contributed by atoms with Crippen molar-refractivity contribution < 1.29 is 0 Å². The molecule has 0 bridgehead atoms. The summed E-state index contributed by atoms with van der Waals surface area (Å²) in [5.74, 6) is 0.785. The van der Waals surface area contributed by atoms with E-state index < -0.39 is 0 Å². The van der Waals surface area contributed by atoms with Crippen LogP contribution in [-0.2, 0) is 6.42 Å². The molecule has 0 saturated carbocycles. The molecule has 16 heavy (non-hydrogen) atoms. The number of nitrogens with zero attached hydrogens (tertiary/aromatic N) is 2. The van der Waals surface area contributed by atoms with Crippen LogP contribution < -0.4 is 0 Å². The normalized spacial score (nSPS) is 10.4. The van der Waals surface area contributed by atoms with E-state index in [1.54, 1.807) is 12.4 Å². The first-order valence-corrected chi connectivity index (χ1v) is 6.10. The fourth-order valence-electron chi connectivity index (χ4n) is 1.46. The molecule has 0 aliphatic rings. The van der Waals surface area contributed by atoms with Gasteiger partial charge in [-0.1, -0.05) is 19.1 Å². The molecule has 0 amide bonds. The van der Waals surface area contributed by atoms with Gasteiger partial charge in [0.25, 0.3) is 0 Å². The van der Waals surface area contributed by atoms with Crippen molar-refractivity contribution >= 4 is 28.1 Å². The Hall–Kier alpha value is -1.07. The van der Waals surface area contributed by atoms with E-state index >= 15 is 0 Å². The zero-order valence-electron chi connectivity index (χ0n) is 8.70. The molecule has 0 aliphatic heterocycles. The van der Waals surface area contributed by atoms with Gasteiger partial charge < -0.3 is 4.98 Å². The molecular formula is C11H10BrN3S. The number of rotatable bonds is 2. The first kappa shape index (κ1) is 11.4. The summed E-state index contributed by atoms with van der Waals surface area (Å²) in [6.07, 6.45) is 6.25. The highest BCUT2D eigenvalue weighted by Crippen LogP contribution is 2.20. The number of pyridine rings is 1. The highest BCUT2D eigenvalue weighted by molar-refractivity contribution is 9.10. The Kier molecular flexibility index (Phi) is 3.46. The van der Waals surface area contributed by atoms with Crippen LogP contribution in [0.5, 0.6) is 0 Å². The van der Waals surface area contributed by atoms with Crippen LogP contribution >= 0.6 is 28.1 Å². The van der Waals surface area contributed by atoms with Crippen LogP contribution in [-0.4, -0.2) is 15.0 Å². The third-order valence-corrected chi connectivity index (χ3v) is 3.48. The van der Waals surface area contributed by atoms with Crippen molar-refractivity contribution in [3.05, 3.63) is 39.3 Å². The summed E-state index contributed by atoms with van der Waals surface area (Å²) >= 11 is 8.49. The summed E-state index contributed by atoms with van der Waals surface area (Å²) in [4.78, 5) is 11.5. The van der Waals surface area contributed by atoms with E-state index in [0.29, 0.717) is 4.64 Å². The number of aryl methyl sites for hydroxylation is 1. The predicted octanol–water partition coefficient (Wildman–Crippen LogP) is 3.53. The van der Waals surface area contributed by atoms with Gasteiger partial charge in [-0.05, 0) is 34.0 Å². The molecule has 2 heterocycles. The highest BCUT2D eigenvalue weighted by atomic mass is 79.9. The van der Waals surface area contributed by atoms with Gasteiger partial charge in [0, 0.05) is 24.2 Å². The van der Waals surface area contributed by atoms with Gasteiger partial charge in [0.2, 0.25) is 0 Å². The average molecular weight is 296 g/mol. The summed E-state index contributed by atoms with van der Waals surface area (Å²) in [5.41, 5.74) is 2.21. The van der Waals surface area contributed by atoms with Crippen molar-refractivity contribution in [2.24, 2.45) is 0 Å². The fraction of sp³-hybridized carbons (Fsp3) is 0.182. The number of aromatic nitrogens is 3. The van der Waals surface area contributed by atoms with Gasteiger partial charge in [0.1, 0.15) is 10.5 Å². The number of H-pyrrole nitrogens is 1. The van der Waals surface area contributed by atoms with Gasteiger partial charge in [0.05, 0.1) is 4.47 Å². The first-order chi connectivity index (χ1) is 7.72. The molecule has 5 heteroatoms. The van der Waals surface area contributed by atoms with Crippen molar-refractivity contribution in [3.8, 4) is 11.4 Å². The van der Waals surface area contributed by atoms with Gasteiger partial charge in [-0.15, -0.1) is 0 Å². The molecule has 3 nitrogen and oxygen atoms in total. The molecule has 2 aromatic rings. The second-order valence-corrected chi connectivity index (χ2v) is 4.56. The van der Waals surface area contributed by atoms with Gasteiger partial charge in [-0.25, -0.2) is 4.98 Å². The maximum absolute atomic E-state index is 5.16. The Morgan fingerprint density at radius 1 is 1.44 bits per heavy atom. The van der Waals surface area contributed by atoms with E-state index in [4.69, 9.17) is 12.2 Å². The number of hydrogen-bond donors (Lipinski definition) is 1. The van der Waals surface area contributed by atoms with E-state index in [2.05, 4.69) is 37.8 Å². The number of halogens is 1. The lowest BCUT2D eigenvalue weighted by atomic mass is 10.1. The summed E-state index contributed by atoms with van der Waals surface area (Å²) in [6.45, 7) is 2.09. The molecular weight excluding hydrogens is 286 g/mol. The minimum atomic E-state index is 0.656. The molecule has 0 aliphatic carbocycles. The maximum atomic E-state index is 5.16. The van der Waals surface area contributed by atoms with Crippen LogP contribution in [0.3, 0.4) is 0 Å². The molecule has 2 aromatic heterocycles. The minimum absolute atomic E-state index is 0.656. The molecule has 1 N–H and O–H groups in total. The number of hydrogen-bond acceptors (Lipinski definition) is 3. The average Bonchev–Trinajstić information content (AvgIpc) is 2.32. The van der Waals surface area contributed by atoms with E-state index in [9.17, 15) is 0 Å². The largest absolute Gasteiger partial charge is 0.330 e. The van der Waals surface area contributed by atoms with Crippen LogP contribution in [0, 0.1) is 4.64 Å². The molecule has 0 spiro atoms. The van der Waals surface area contributed by atoms with E-state index in [1.807, 2.05) is 12.3 Å². The minimum Gasteiger partial charge on any atom is -0.330 e. The Balaban J connectivity index is 2.58. The predicted molar refractivity (Wildman–Crippen MR) is 69.7 cm³/mol. The van der Waals surface area contributed by atoms with Gasteiger partial charge in [-0.3, -0.25) is 4.98 Å². The van der Waals surface area contributed by atoms with Gasteiger partial charge in [0.15, 0.2) is 0 Å². The topological polar surface area (TPSA) is 41.6 Å². The van der Waals surface area contributed by atoms with Crippen molar-refractivity contribution in [2.75, 3.05) is 0 Å². The molecule has 0 fully saturated rings. The third-order valence-electron chi connectivity index (χ3n) is 2.30. The lowest BCUT2D eigenvalue weighted by Crippen LogP contribution is -1.94. The lowest BCUT2D eigenvalue weighted by molar-refractivity contribution is 1.07. The first-order valence-electron chi connectivity index (χ1n) is 4.90. The van der Waals surface area contributed by atoms with Crippen molar-refractivity contribution in [2.45, 2.75) is 13.3 Å². The zero-order valence-corrected chi connectivity index (χ0v) is 11.1. The summed E-state index contributed by atoms with van der Waals surface area (Å²) in [6, 6.07) is 1.94. The fourth-order valence-corrected chi connectivity index (χ4v) is 1.81. The van der Waals surface area contributed by atoms with Crippen LogP contribution in [0.4, 0.5) is 0 Å². The van der Waals surface area contributed by atoms with Gasteiger partial charge >= 0.3 is 0 Å². The van der Waals surface area contributed by atoms with Crippen molar-refractivity contribution in [3.63, 3.8) is 0 Å². The number of nitrogens with one attached hydrogen (secondary N) is 1. The Labute approximate surface area is 107 Å². The molecule has 0 aromatic carbocycles. The van der Waals surface area contributed by atoms with Crippen LogP contribution in [0.15, 0.2) is 29.1 Å². The Bertz CT molecular complexity index is 565. The van der Waals surface area contributed by atoms with Crippen molar-refractivity contribution in [1.82, 2.24) is 15.0 Å². The molecule has 2 rings (SSSR count). The monoisotopic (exact) mass is 295 g/mol.